The molecular formula is C13H18BrN3. The van der Waals surface area contributed by atoms with E-state index < -0.39 is 0 Å². The summed E-state index contributed by atoms with van der Waals surface area (Å²) in [6.45, 7) is 3.30. The second-order valence-electron chi connectivity index (χ2n) is 4.50. The van der Waals surface area contributed by atoms with Crippen molar-refractivity contribution in [3.8, 4) is 0 Å². The lowest BCUT2D eigenvalue weighted by Crippen LogP contribution is -2.26. The first-order chi connectivity index (χ1) is 8.13. The highest BCUT2D eigenvalue weighted by Crippen LogP contribution is 2.33. The standard InChI is InChI=1S/C13H18BrN3/c1-2-7-17(9-3-4-9)10-5-6-11(13(15)16)12(14)8-10/h5-6,8-9H,2-4,7H2,1H3,(H3,15,16). The van der Waals surface area contributed by atoms with E-state index in [1.165, 1.54) is 18.5 Å². The molecule has 3 nitrogen and oxygen atoms in total. The van der Waals surface area contributed by atoms with E-state index in [9.17, 15) is 0 Å². The molecule has 17 heavy (non-hydrogen) atoms. The van der Waals surface area contributed by atoms with E-state index in [-0.39, 0.29) is 5.84 Å². The molecular weight excluding hydrogens is 278 g/mol. The van der Waals surface area contributed by atoms with Crippen molar-refractivity contribution < 1.29 is 0 Å². The second kappa shape index (κ2) is 5.08. The van der Waals surface area contributed by atoms with Crippen LogP contribution in [0, 0.1) is 5.41 Å². The number of benzene rings is 1. The molecule has 0 aliphatic heterocycles. The van der Waals surface area contributed by atoms with Crippen LogP contribution in [0.1, 0.15) is 31.7 Å². The zero-order valence-corrected chi connectivity index (χ0v) is 11.6. The number of anilines is 1. The predicted molar refractivity (Wildman–Crippen MR) is 75.8 cm³/mol. The van der Waals surface area contributed by atoms with E-state index in [1.54, 1.807) is 0 Å². The van der Waals surface area contributed by atoms with Gasteiger partial charge in [-0.15, -0.1) is 0 Å². The molecule has 0 aromatic heterocycles. The Balaban J connectivity index is 2.25. The van der Waals surface area contributed by atoms with Gasteiger partial charge < -0.3 is 10.6 Å². The summed E-state index contributed by atoms with van der Waals surface area (Å²) in [6, 6.07) is 6.78. The molecule has 1 fully saturated rings. The maximum Gasteiger partial charge on any atom is 0.123 e. The van der Waals surface area contributed by atoms with Gasteiger partial charge in [0.05, 0.1) is 0 Å². The summed E-state index contributed by atoms with van der Waals surface area (Å²) in [6.07, 6.45) is 3.75. The Bertz CT molecular complexity index is 427. The highest BCUT2D eigenvalue weighted by atomic mass is 79.9. The van der Waals surface area contributed by atoms with Crippen molar-refractivity contribution >= 4 is 27.5 Å². The molecule has 0 heterocycles. The summed E-state index contributed by atoms with van der Waals surface area (Å²) in [7, 11) is 0. The van der Waals surface area contributed by atoms with Gasteiger partial charge >= 0.3 is 0 Å². The molecule has 1 aliphatic carbocycles. The SMILES string of the molecule is CCCN(c1ccc(C(=N)N)c(Br)c1)C1CC1. The van der Waals surface area contributed by atoms with Crippen molar-refractivity contribution in [2.75, 3.05) is 11.4 Å². The summed E-state index contributed by atoms with van der Waals surface area (Å²) in [5.41, 5.74) is 7.50. The topological polar surface area (TPSA) is 53.1 Å². The van der Waals surface area contributed by atoms with Crippen LogP contribution in [0.15, 0.2) is 22.7 Å². The van der Waals surface area contributed by atoms with Gasteiger partial charge in [0.15, 0.2) is 0 Å². The number of hydrogen-bond donors (Lipinski definition) is 2. The monoisotopic (exact) mass is 295 g/mol. The Labute approximate surface area is 111 Å². The van der Waals surface area contributed by atoms with Crippen molar-refractivity contribution in [1.82, 2.24) is 0 Å². The van der Waals surface area contributed by atoms with Gasteiger partial charge in [0.1, 0.15) is 5.84 Å². The van der Waals surface area contributed by atoms with Crippen LogP contribution in [0.5, 0.6) is 0 Å². The van der Waals surface area contributed by atoms with Crippen molar-refractivity contribution in [2.24, 2.45) is 5.73 Å². The van der Waals surface area contributed by atoms with Crippen LogP contribution < -0.4 is 10.6 Å². The molecule has 2 rings (SSSR count). The average molecular weight is 296 g/mol. The lowest BCUT2D eigenvalue weighted by atomic mass is 10.1. The van der Waals surface area contributed by atoms with Crippen molar-refractivity contribution in [3.63, 3.8) is 0 Å². The predicted octanol–water partition coefficient (Wildman–Crippen LogP) is 3.11. The lowest BCUT2D eigenvalue weighted by Gasteiger charge is -2.24. The molecule has 0 unspecified atom stereocenters. The maximum absolute atomic E-state index is 7.47. The molecule has 0 radical (unpaired) electrons. The fourth-order valence-electron chi connectivity index (χ4n) is 2.05. The van der Waals surface area contributed by atoms with Gasteiger partial charge in [-0.1, -0.05) is 6.92 Å². The lowest BCUT2D eigenvalue weighted by molar-refractivity contribution is 0.763. The highest BCUT2D eigenvalue weighted by Gasteiger charge is 2.28. The van der Waals surface area contributed by atoms with Crippen molar-refractivity contribution in [2.45, 2.75) is 32.2 Å². The maximum atomic E-state index is 7.47. The van der Waals surface area contributed by atoms with E-state index in [0.717, 1.165) is 23.0 Å². The minimum Gasteiger partial charge on any atom is -0.384 e. The molecule has 1 aromatic rings. The van der Waals surface area contributed by atoms with E-state index in [1.807, 2.05) is 6.07 Å². The fraction of sp³-hybridized carbons (Fsp3) is 0.462. The molecule has 0 amide bonds. The van der Waals surface area contributed by atoms with Gasteiger partial charge in [0.25, 0.3) is 0 Å². The first-order valence-corrected chi connectivity index (χ1v) is 6.83. The number of nitrogens with zero attached hydrogens (tertiary/aromatic N) is 1. The van der Waals surface area contributed by atoms with Crippen LogP contribution in [0.4, 0.5) is 5.69 Å². The van der Waals surface area contributed by atoms with Gasteiger partial charge in [-0.25, -0.2) is 0 Å². The number of halogens is 1. The Morgan fingerprint density at radius 2 is 2.24 bits per heavy atom. The second-order valence-corrected chi connectivity index (χ2v) is 5.36. The zero-order chi connectivity index (χ0) is 12.4. The third kappa shape index (κ3) is 2.80. The summed E-state index contributed by atoms with van der Waals surface area (Å²) < 4.78 is 0.907. The molecule has 1 aromatic carbocycles. The number of rotatable bonds is 5. The Morgan fingerprint density at radius 1 is 1.53 bits per heavy atom. The van der Waals surface area contributed by atoms with Crippen molar-refractivity contribution in [1.29, 1.82) is 5.41 Å². The normalized spacial score (nSPS) is 14.7. The Hall–Kier alpha value is -1.03. The fourth-order valence-corrected chi connectivity index (χ4v) is 2.63. The third-order valence-electron chi connectivity index (χ3n) is 3.03. The van der Waals surface area contributed by atoms with Gasteiger partial charge in [-0.2, -0.15) is 0 Å². The Kier molecular flexibility index (Phi) is 3.72. The largest absolute Gasteiger partial charge is 0.384 e. The number of nitrogens with one attached hydrogen (secondary N) is 1. The molecule has 0 atom stereocenters. The smallest absolute Gasteiger partial charge is 0.123 e. The summed E-state index contributed by atoms with van der Waals surface area (Å²) in [4.78, 5) is 2.45. The van der Waals surface area contributed by atoms with Crippen LogP contribution >= 0.6 is 15.9 Å². The minimum absolute atomic E-state index is 0.108. The van der Waals surface area contributed by atoms with E-state index in [0.29, 0.717) is 6.04 Å². The zero-order valence-electron chi connectivity index (χ0n) is 10.0. The number of amidine groups is 1. The molecule has 0 spiro atoms. The average Bonchev–Trinajstić information content (AvgIpc) is 3.09. The van der Waals surface area contributed by atoms with Gasteiger partial charge in [-0.05, 0) is 53.4 Å². The summed E-state index contributed by atoms with van der Waals surface area (Å²) >= 11 is 3.49. The van der Waals surface area contributed by atoms with E-state index >= 15 is 0 Å². The van der Waals surface area contributed by atoms with Crippen LogP contribution in [-0.2, 0) is 0 Å². The molecule has 92 valence electrons. The van der Waals surface area contributed by atoms with Crippen LogP contribution in [-0.4, -0.2) is 18.4 Å². The van der Waals surface area contributed by atoms with Gasteiger partial charge in [0.2, 0.25) is 0 Å². The number of hydrogen-bond acceptors (Lipinski definition) is 2. The number of nitrogens with two attached hydrogens (primary N) is 1. The molecule has 4 heteroatoms. The first kappa shape index (κ1) is 12.4. The van der Waals surface area contributed by atoms with E-state index in [2.05, 4.69) is 39.9 Å². The highest BCUT2D eigenvalue weighted by molar-refractivity contribution is 9.10. The van der Waals surface area contributed by atoms with E-state index in [4.69, 9.17) is 11.1 Å². The van der Waals surface area contributed by atoms with Crippen LogP contribution in [0.2, 0.25) is 0 Å². The summed E-state index contributed by atoms with van der Waals surface area (Å²) in [5.74, 6) is 0.108. The quantitative estimate of drug-likeness (QED) is 0.648. The number of nitrogen functional groups attached to an aromatic ring is 1. The van der Waals surface area contributed by atoms with Crippen LogP contribution in [0.3, 0.4) is 0 Å². The van der Waals surface area contributed by atoms with Gasteiger partial charge in [0, 0.05) is 28.3 Å². The van der Waals surface area contributed by atoms with Crippen molar-refractivity contribution in [3.05, 3.63) is 28.2 Å². The third-order valence-corrected chi connectivity index (χ3v) is 3.68. The minimum atomic E-state index is 0.108. The summed E-state index contributed by atoms with van der Waals surface area (Å²) in [5, 5.41) is 7.47. The molecule has 0 bridgehead atoms. The first-order valence-electron chi connectivity index (χ1n) is 6.04. The molecule has 1 aliphatic rings. The molecule has 3 N–H and O–H groups in total. The van der Waals surface area contributed by atoms with Crippen LogP contribution in [0.25, 0.3) is 0 Å². The Morgan fingerprint density at radius 3 is 2.71 bits per heavy atom. The molecule has 1 saturated carbocycles. The molecule has 0 saturated heterocycles. The van der Waals surface area contributed by atoms with Gasteiger partial charge in [-0.3, -0.25) is 5.41 Å².